The smallest absolute Gasteiger partial charge is 0.140 e. The highest BCUT2D eigenvalue weighted by atomic mass is 79.9. The zero-order valence-electron chi connectivity index (χ0n) is 13.0. The zero-order chi connectivity index (χ0) is 16.4. The van der Waals surface area contributed by atoms with E-state index in [1.165, 1.54) is 0 Å². The molecule has 0 spiro atoms. The minimum atomic E-state index is 0.0845. The normalized spacial score (nSPS) is 11.0. The van der Waals surface area contributed by atoms with Gasteiger partial charge in [0.05, 0.1) is 29.3 Å². The number of methoxy groups -OCH3 is 1. The number of para-hydroxylation sites is 1. The number of hydrogen-bond acceptors (Lipinski definition) is 4. The third-order valence-corrected chi connectivity index (χ3v) is 4.42. The average Bonchev–Trinajstić information content (AvgIpc) is 2.98. The van der Waals surface area contributed by atoms with Crippen molar-refractivity contribution in [3.05, 3.63) is 41.1 Å². The van der Waals surface area contributed by atoms with E-state index in [-0.39, 0.29) is 6.61 Å². The Kier molecular flexibility index (Phi) is 4.54. The number of aromatic nitrogens is 2. The Hall–Kier alpha value is -2.05. The van der Waals surface area contributed by atoms with Gasteiger partial charge in [-0.2, -0.15) is 0 Å². The molecule has 0 fully saturated rings. The van der Waals surface area contributed by atoms with Crippen LogP contribution in [0.1, 0.15) is 0 Å². The van der Waals surface area contributed by atoms with Crippen molar-refractivity contribution in [3.8, 4) is 16.9 Å². The van der Waals surface area contributed by atoms with Crippen LogP contribution in [0.25, 0.3) is 22.2 Å². The number of rotatable bonds is 5. The number of aliphatic hydroxyl groups is 1. The van der Waals surface area contributed by atoms with Crippen molar-refractivity contribution in [2.75, 3.05) is 32.2 Å². The van der Waals surface area contributed by atoms with Gasteiger partial charge in [0, 0.05) is 37.1 Å². The average molecular weight is 376 g/mol. The van der Waals surface area contributed by atoms with Crippen LogP contribution in [0.5, 0.6) is 5.75 Å². The molecule has 0 radical (unpaired) electrons. The highest BCUT2D eigenvalue weighted by molar-refractivity contribution is 9.10. The topological polar surface area (TPSA) is 61.4 Å². The Morgan fingerprint density at radius 3 is 2.83 bits per heavy atom. The Morgan fingerprint density at radius 1 is 1.30 bits per heavy atom. The molecular weight excluding hydrogens is 358 g/mol. The Balaban J connectivity index is 2.29. The molecule has 2 heterocycles. The Labute approximate surface area is 143 Å². The van der Waals surface area contributed by atoms with Crippen LogP contribution in [0.4, 0.5) is 5.69 Å². The van der Waals surface area contributed by atoms with Gasteiger partial charge in [0.25, 0.3) is 0 Å². The van der Waals surface area contributed by atoms with Crippen LogP contribution in [0.3, 0.4) is 0 Å². The molecule has 23 heavy (non-hydrogen) atoms. The third kappa shape index (κ3) is 2.80. The number of ether oxygens (including phenoxy) is 1. The summed E-state index contributed by atoms with van der Waals surface area (Å²) in [6.07, 6.45) is 3.71. The molecule has 3 rings (SSSR count). The number of aromatic amines is 1. The molecule has 0 bridgehead atoms. The van der Waals surface area contributed by atoms with Crippen LogP contribution in [0.15, 0.2) is 41.1 Å². The summed E-state index contributed by atoms with van der Waals surface area (Å²) in [7, 11) is 3.62. The van der Waals surface area contributed by atoms with E-state index in [0.29, 0.717) is 6.54 Å². The first-order chi connectivity index (χ1) is 11.2. The number of likely N-dealkylation sites (N-methyl/N-ethyl adjacent to an activating group) is 1. The van der Waals surface area contributed by atoms with E-state index in [1.54, 1.807) is 13.3 Å². The van der Waals surface area contributed by atoms with Crippen LogP contribution < -0.4 is 9.64 Å². The number of benzene rings is 1. The molecule has 0 saturated carbocycles. The third-order valence-electron chi connectivity index (χ3n) is 3.84. The second kappa shape index (κ2) is 6.60. The first-order valence-electron chi connectivity index (χ1n) is 7.28. The van der Waals surface area contributed by atoms with E-state index in [0.717, 1.165) is 38.1 Å². The molecule has 1 aromatic carbocycles. The fourth-order valence-electron chi connectivity index (χ4n) is 2.77. The predicted octanol–water partition coefficient (Wildman–Crippen LogP) is 3.43. The van der Waals surface area contributed by atoms with Gasteiger partial charge in [-0.3, -0.25) is 0 Å². The van der Waals surface area contributed by atoms with Crippen LogP contribution in [-0.2, 0) is 0 Å². The van der Waals surface area contributed by atoms with Gasteiger partial charge >= 0.3 is 0 Å². The minimum absolute atomic E-state index is 0.0845. The molecular formula is C17H18BrN3O2. The Morgan fingerprint density at radius 2 is 2.09 bits per heavy atom. The van der Waals surface area contributed by atoms with Crippen molar-refractivity contribution < 1.29 is 9.84 Å². The SMILES string of the molecule is COc1ccccc1-c1c[nH]c2ncc(Br)c(N(C)CCO)c12. The standard InChI is InChI=1S/C17H18BrN3O2/c1-21(7-8-22)16-13(18)10-20-17-15(16)12(9-19-17)11-5-3-4-6-14(11)23-2/h3-6,9-10,22H,7-8H2,1-2H3,(H,19,20). The van der Waals surface area contributed by atoms with E-state index in [4.69, 9.17) is 4.74 Å². The van der Waals surface area contributed by atoms with Gasteiger partial charge in [0.1, 0.15) is 11.4 Å². The zero-order valence-corrected chi connectivity index (χ0v) is 14.6. The fourth-order valence-corrected chi connectivity index (χ4v) is 3.37. The first kappa shape index (κ1) is 15.8. The quantitative estimate of drug-likeness (QED) is 0.716. The maximum Gasteiger partial charge on any atom is 0.140 e. The van der Waals surface area contributed by atoms with Gasteiger partial charge in [-0.25, -0.2) is 4.98 Å². The van der Waals surface area contributed by atoms with Crippen LogP contribution in [0.2, 0.25) is 0 Å². The monoisotopic (exact) mass is 375 g/mol. The molecule has 3 aromatic rings. The van der Waals surface area contributed by atoms with E-state index < -0.39 is 0 Å². The van der Waals surface area contributed by atoms with Crippen molar-refractivity contribution in [3.63, 3.8) is 0 Å². The lowest BCUT2D eigenvalue weighted by molar-refractivity contribution is 0.304. The molecule has 5 nitrogen and oxygen atoms in total. The van der Waals surface area contributed by atoms with Crippen molar-refractivity contribution in [1.82, 2.24) is 9.97 Å². The second-order valence-electron chi connectivity index (χ2n) is 5.23. The lowest BCUT2D eigenvalue weighted by atomic mass is 10.0. The summed E-state index contributed by atoms with van der Waals surface area (Å²) < 4.78 is 6.38. The summed E-state index contributed by atoms with van der Waals surface area (Å²) in [6.45, 7) is 0.620. The predicted molar refractivity (Wildman–Crippen MR) is 96.1 cm³/mol. The van der Waals surface area contributed by atoms with Gasteiger partial charge in [0.15, 0.2) is 0 Å². The summed E-state index contributed by atoms with van der Waals surface area (Å²) in [6, 6.07) is 7.90. The van der Waals surface area contributed by atoms with Gasteiger partial charge in [-0.15, -0.1) is 0 Å². The number of aliphatic hydroxyl groups excluding tert-OH is 1. The largest absolute Gasteiger partial charge is 0.496 e. The molecule has 0 atom stereocenters. The molecule has 0 unspecified atom stereocenters. The summed E-state index contributed by atoms with van der Waals surface area (Å²) in [5, 5.41) is 10.3. The van der Waals surface area contributed by atoms with Crippen molar-refractivity contribution in [1.29, 1.82) is 0 Å². The van der Waals surface area contributed by atoms with E-state index in [2.05, 4.69) is 25.9 Å². The fraction of sp³-hybridized carbons (Fsp3) is 0.235. The van der Waals surface area contributed by atoms with Crippen molar-refractivity contribution in [2.45, 2.75) is 0 Å². The number of nitrogens with one attached hydrogen (secondary N) is 1. The maximum atomic E-state index is 9.28. The van der Waals surface area contributed by atoms with E-state index in [1.807, 2.05) is 42.4 Å². The molecule has 0 aliphatic heterocycles. The van der Waals surface area contributed by atoms with Crippen molar-refractivity contribution >= 4 is 32.7 Å². The van der Waals surface area contributed by atoms with Gasteiger partial charge < -0.3 is 19.7 Å². The number of halogens is 1. The second-order valence-corrected chi connectivity index (χ2v) is 6.08. The summed E-state index contributed by atoms with van der Waals surface area (Å²) in [5.74, 6) is 0.809. The first-order valence-corrected chi connectivity index (χ1v) is 8.07. The van der Waals surface area contributed by atoms with Gasteiger partial charge in [-0.05, 0) is 22.0 Å². The van der Waals surface area contributed by atoms with E-state index in [9.17, 15) is 5.11 Å². The van der Waals surface area contributed by atoms with Crippen LogP contribution in [0, 0.1) is 0 Å². The maximum absolute atomic E-state index is 9.28. The van der Waals surface area contributed by atoms with Crippen LogP contribution >= 0.6 is 15.9 Å². The number of pyridine rings is 1. The van der Waals surface area contributed by atoms with Gasteiger partial charge in [0.2, 0.25) is 0 Å². The molecule has 120 valence electrons. The molecule has 2 aromatic heterocycles. The Bertz CT molecular complexity index is 832. The highest BCUT2D eigenvalue weighted by Gasteiger charge is 2.19. The molecule has 6 heteroatoms. The molecule has 0 aliphatic rings. The van der Waals surface area contributed by atoms with Gasteiger partial charge in [-0.1, -0.05) is 18.2 Å². The number of anilines is 1. The van der Waals surface area contributed by atoms with Crippen LogP contribution in [-0.4, -0.2) is 42.4 Å². The number of nitrogens with zero attached hydrogens (tertiary/aromatic N) is 2. The highest BCUT2D eigenvalue weighted by Crippen LogP contribution is 2.41. The molecule has 2 N–H and O–H groups in total. The molecule has 0 aliphatic carbocycles. The number of fused-ring (bicyclic) bond motifs is 1. The number of hydrogen-bond donors (Lipinski definition) is 2. The van der Waals surface area contributed by atoms with Crippen molar-refractivity contribution in [2.24, 2.45) is 0 Å². The lowest BCUT2D eigenvalue weighted by Gasteiger charge is -2.21. The lowest BCUT2D eigenvalue weighted by Crippen LogP contribution is -2.22. The van der Waals surface area contributed by atoms with E-state index >= 15 is 0 Å². The summed E-state index contributed by atoms with van der Waals surface area (Å²) in [5.41, 5.74) is 3.81. The minimum Gasteiger partial charge on any atom is -0.496 e. The summed E-state index contributed by atoms with van der Waals surface area (Å²) >= 11 is 3.58. The molecule has 0 saturated heterocycles. The summed E-state index contributed by atoms with van der Waals surface area (Å²) in [4.78, 5) is 9.69. The number of H-pyrrole nitrogens is 1. The molecule has 0 amide bonds.